The molecule has 1 fully saturated rings. The molecule has 1 aromatic heterocycles. The summed E-state index contributed by atoms with van der Waals surface area (Å²) in [5, 5.41) is 3.39. The maximum absolute atomic E-state index is 13.0. The van der Waals surface area contributed by atoms with Gasteiger partial charge in [-0.25, -0.2) is 0 Å². The first-order chi connectivity index (χ1) is 15.8. The van der Waals surface area contributed by atoms with Gasteiger partial charge in [0, 0.05) is 53.9 Å². The van der Waals surface area contributed by atoms with Crippen LogP contribution in [-0.2, 0) is 13.2 Å². The molecule has 0 radical (unpaired) electrons. The molecule has 4 rings (SSSR count). The molecule has 4 nitrogen and oxygen atoms in total. The Bertz CT molecular complexity index is 1130. The molecular weight excluding hydrogens is 475 g/mol. The average molecular weight is 503 g/mol. The summed E-state index contributed by atoms with van der Waals surface area (Å²) in [6, 6.07) is 11.8. The topological polar surface area (TPSA) is 32.8 Å². The van der Waals surface area contributed by atoms with E-state index in [2.05, 4.69) is 37.8 Å². The van der Waals surface area contributed by atoms with E-state index >= 15 is 0 Å². The van der Waals surface area contributed by atoms with E-state index in [0.717, 1.165) is 40.4 Å². The fourth-order valence-corrected chi connectivity index (χ4v) is 5.43. The third-order valence-electron chi connectivity index (χ3n) is 6.13. The van der Waals surface area contributed by atoms with Crippen molar-refractivity contribution in [3.63, 3.8) is 0 Å². The molecule has 0 spiro atoms. The molecule has 0 N–H and O–H groups in total. The number of amides is 1. The van der Waals surface area contributed by atoms with Crippen molar-refractivity contribution in [3.8, 4) is 5.75 Å². The molecule has 0 atom stereocenters. The van der Waals surface area contributed by atoms with Crippen LogP contribution in [0.2, 0.25) is 10.0 Å². The van der Waals surface area contributed by atoms with Crippen LogP contribution in [0.15, 0.2) is 41.8 Å². The number of nitrogens with zero attached hydrogens (tertiary/aromatic N) is 2. The lowest BCUT2D eigenvalue weighted by Crippen LogP contribution is -2.48. The molecule has 3 aromatic rings. The molecular formula is C26H28Cl2N2O2S. The van der Waals surface area contributed by atoms with Gasteiger partial charge in [0.2, 0.25) is 0 Å². The molecule has 1 saturated heterocycles. The van der Waals surface area contributed by atoms with E-state index in [-0.39, 0.29) is 5.91 Å². The number of halogens is 2. The number of hydrogen-bond acceptors (Lipinski definition) is 4. The minimum absolute atomic E-state index is 0.0873. The summed E-state index contributed by atoms with van der Waals surface area (Å²) in [5.74, 6) is 0.991. The Morgan fingerprint density at radius 1 is 1.03 bits per heavy atom. The van der Waals surface area contributed by atoms with Crippen molar-refractivity contribution in [3.05, 3.63) is 84.5 Å². The predicted octanol–water partition coefficient (Wildman–Crippen LogP) is 6.52. The normalized spacial score (nSPS) is 14.5. The zero-order valence-electron chi connectivity index (χ0n) is 19.2. The second kappa shape index (κ2) is 10.5. The van der Waals surface area contributed by atoms with Crippen LogP contribution in [0.3, 0.4) is 0 Å². The SMILES string of the molecule is Cc1cc(C)c(C)c(OCc2csc(C(=O)N3CCN(Cc4c(Cl)cccc4Cl)CC3)c2)c1. The first-order valence-corrected chi connectivity index (χ1v) is 12.7. The minimum Gasteiger partial charge on any atom is -0.489 e. The summed E-state index contributed by atoms with van der Waals surface area (Å²) in [4.78, 5) is 18.0. The number of aryl methyl sites for hydroxylation is 2. The number of benzene rings is 2. The number of rotatable bonds is 6. The highest BCUT2D eigenvalue weighted by Crippen LogP contribution is 2.27. The first kappa shape index (κ1) is 24.1. The number of thiophene rings is 1. The molecule has 7 heteroatoms. The van der Waals surface area contributed by atoms with Gasteiger partial charge in [0.1, 0.15) is 12.4 Å². The molecule has 2 heterocycles. The molecule has 174 valence electrons. The maximum atomic E-state index is 13.0. The fraction of sp³-hybridized carbons (Fsp3) is 0.346. The van der Waals surface area contributed by atoms with Gasteiger partial charge in [-0.2, -0.15) is 0 Å². The average Bonchev–Trinajstić information content (AvgIpc) is 3.27. The molecule has 0 saturated carbocycles. The number of hydrogen-bond donors (Lipinski definition) is 0. The smallest absolute Gasteiger partial charge is 0.264 e. The third-order valence-corrected chi connectivity index (χ3v) is 7.80. The van der Waals surface area contributed by atoms with E-state index in [0.29, 0.717) is 36.3 Å². The molecule has 0 unspecified atom stereocenters. The second-order valence-corrected chi connectivity index (χ2v) is 10.3. The number of carbonyl (C=O) groups is 1. The molecule has 1 aliphatic rings. The van der Waals surface area contributed by atoms with Crippen LogP contribution in [0.25, 0.3) is 0 Å². The van der Waals surface area contributed by atoms with Crippen molar-refractivity contribution in [2.24, 2.45) is 0 Å². The summed E-state index contributed by atoms with van der Waals surface area (Å²) in [5.41, 5.74) is 5.53. The fourth-order valence-electron chi connectivity index (χ4n) is 4.05. The molecule has 1 aliphatic heterocycles. The van der Waals surface area contributed by atoms with Gasteiger partial charge in [0.25, 0.3) is 5.91 Å². The van der Waals surface area contributed by atoms with Crippen LogP contribution in [0.4, 0.5) is 0 Å². The lowest BCUT2D eigenvalue weighted by Gasteiger charge is -2.34. The number of carbonyl (C=O) groups excluding carboxylic acids is 1. The largest absolute Gasteiger partial charge is 0.489 e. The van der Waals surface area contributed by atoms with E-state index < -0.39 is 0 Å². The van der Waals surface area contributed by atoms with Crippen molar-refractivity contribution in [2.75, 3.05) is 26.2 Å². The highest BCUT2D eigenvalue weighted by molar-refractivity contribution is 7.12. The van der Waals surface area contributed by atoms with Crippen LogP contribution in [0.1, 0.15) is 37.5 Å². The number of ether oxygens (including phenoxy) is 1. The third kappa shape index (κ3) is 5.72. The van der Waals surface area contributed by atoms with Gasteiger partial charge in [-0.1, -0.05) is 35.3 Å². The monoisotopic (exact) mass is 502 g/mol. The van der Waals surface area contributed by atoms with Crippen LogP contribution in [0, 0.1) is 20.8 Å². The molecule has 33 heavy (non-hydrogen) atoms. The lowest BCUT2D eigenvalue weighted by molar-refractivity contribution is 0.0633. The summed E-state index contributed by atoms with van der Waals surface area (Å²) in [7, 11) is 0. The van der Waals surface area contributed by atoms with Gasteiger partial charge in [-0.05, 0) is 67.1 Å². The summed E-state index contributed by atoms with van der Waals surface area (Å²) in [6.45, 7) is 10.4. The lowest BCUT2D eigenvalue weighted by atomic mass is 10.1. The Balaban J connectivity index is 1.32. The van der Waals surface area contributed by atoms with Gasteiger partial charge in [0.15, 0.2) is 0 Å². The zero-order chi connectivity index (χ0) is 23.5. The van der Waals surface area contributed by atoms with Crippen LogP contribution in [-0.4, -0.2) is 41.9 Å². The van der Waals surface area contributed by atoms with Crippen LogP contribution < -0.4 is 4.74 Å². The molecule has 0 bridgehead atoms. The molecule has 2 aromatic carbocycles. The van der Waals surface area contributed by atoms with Gasteiger partial charge >= 0.3 is 0 Å². The van der Waals surface area contributed by atoms with E-state index in [1.807, 2.05) is 34.5 Å². The summed E-state index contributed by atoms with van der Waals surface area (Å²) >= 11 is 14.1. The van der Waals surface area contributed by atoms with Crippen molar-refractivity contribution in [1.29, 1.82) is 0 Å². The van der Waals surface area contributed by atoms with E-state index in [1.54, 1.807) is 0 Å². The standard InChI is InChI=1S/C26H28Cl2N2O2S/c1-17-11-18(2)19(3)24(12-17)32-15-20-13-25(33-16-20)26(31)30-9-7-29(8-10-30)14-21-22(27)5-4-6-23(21)28/h4-6,11-13,16H,7-10,14-15H2,1-3H3. The van der Waals surface area contributed by atoms with E-state index in [1.165, 1.54) is 22.5 Å². The second-order valence-electron chi connectivity index (χ2n) is 8.58. The quantitative estimate of drug-likeness (QED) is 0.384. The molecule has 0 aliphatic carbocycles. The Labute approximate surface area is 209 Å². The minimum atomic E-state index is 0.0873. The van der Waals surface area contributed by atoms with Gasteiger partial charge < -0.3 is 9.64 Å². The van der Waals surface area contributed by atoms with Crippen molar-refractivity contribution < 1.29 is 9.53 Å². The Morgan fingerprint density at radius 3 is 2.42 bits per heavy atom. The highest BCUT2D eigenvalue weighted by Gasteiger charge is 2.24. The Kier molecular flexibility index (Phi) is 7.65. The van der Waals surface area contributed by atoms with Crippen molar-refractivity contribution in [1.82, 2.24) is 9.80 Å². The van der Waals surface area contributed by atoms with Gasteiger partial charge in [-0.15, -0.1) is 11.3 Å². The van der Waals surface area contributed by atoms with Gasteiger partial charge in [0.05, 0.1) is 4.88 Å². The van der Waals surface area contributed by atoms with Crippen molar-refractivity contribution in [2.45, 2.75) is 33.9 Å². The summed E-state index contributed by atoms with van der Waals surface area (Å²) in [6.07, 6.45) is 0. The Morgan fingerprint density at radius 2 is 1.73 bits per heavy atom. The Hall–Kier alpha value is -2.05. The van der Waals surface area contributed by atoms with Crippen LogP contribution in [0.5, 0.6) is 5.75 Å². The maximum Gasteiger partial charge on any atom is 0.264 e. The van der Waals surface area contributed by atoms with Crippen LogP contribution >= 0.6 is 34.5 Å². The number of piperazine rings is 1. The summed E-state index contributed by atoms with van der Waals surface area (Å²) < 4.78 is 6.07. The molecule has 1 amide bonds. The van der Waals surface area contributed by atoms with E-state index in [9.17, 15) is 4.79 Å². The zero-order valence-corrected chi connectivity index (χ0v) is 21.5. The van der Waals surface area contributed by atoms with Crippen molar-refractivity contribution >= 4 is 40.4 Å². The van der Waals surface area contributed by atoms with E-state index in [4.69, 9.17) is 27.9 Å². The van der Waals surface area contributed by atoms with Gasteiger partial charge in [-0.3, -0.25) is 9.69 Å². The highest BCUT2D eigenvalue weighted by atomic mass is 35.5. The predicted molar refractivity (Wildman–Crippen MR) is 137 cm³/mol. The first-order valence-electron chi connectivity index (χ1n) is 11.0.